The van der Waals surface area contributed by atoms with Gasteiger partial charge in [0.2, 0.25) is 0 Å². The van der Waals surface area contributed by atoms with Crippen molar-refractivity contribution in [2.75, 3.05) is 5.73 Å². The lowest BCUT2D eigenvalue weighted by molar-refractivity contribution is 0.686. The van der Waals surface area contributed by atoms with Gasteiger partial charge >= 0.3 is 0 Å². The summed E-state index contributed by atoms with van der Waals surface area (Å²) >= 11 is 1.99. The van der Waals surface area contributed by atoms with Gasteiger partial charge in [-0.1, -0.05) is 0 Å². The summed E-state index contributed by atoms with van der Waals surface area (Å²) in [6, 6.07) is 1.68. The molecule has 0 aliphatic rings. The van der Waals surface area contributed by atoms with E-state index in [1.54, 1.807) is 13.0 Å². The maximum atomic E-state index is 12.0. The van der Waals surface area contributed by atoms with E-state index in [0.717, 1.165) is 11.4 Å². The molecule has 0 radical (unpaired) electrons. The first-order chi connectivity index (χ1) is 8.47. The Labute approximate surface area is 117 Å². The molecule has 94 valence electrons. The smallest absolute Gasteiger partial charge is 0.267 e. The van der Waals surface area contributed by atoms with E-state index in [-0.39, 0.29) is 12.1 Å². The van der Waals surface area contributed by atoms with Gasteiger partial charge < -0.3 is 5.73 Å². The molecule has 0 fully saturated rings. The average molecular weight is 357 g/mol. The first kappa shape index (κ1) is 12.9. The number of hydrogen-bond acceptors (Lipinski definition) is 5. The summed E-state index contributed by atoms with van der Waals surface area (Å²) in [4.78, 5) is 24.5. The van der Waals surface area contributed by atoms with Crippen LogP contribution in [-0.4, -0.2) is 19.5 Å². The van der Waals surface area contributed by atoms with Crippen molar-refractivity contribution < 1.29 is 0 Å². The van der Waals surface area contributed by atoms with Gasteiger partial charge in [-0.2, -0.15) is 0 Å². The zero-order valence-electron chi connectivity index (χ0n) is 10.0. The van der Waals surface area contributed by atoms with Gasteiger partial charge in [0.15, 0.2) is 5.82 Å². The number of nitrogen functional groups attached to an aromatic ring is 1. The van der Waals surface area contributed by atoms with Crippen molar-refractivity contribution in [2.45, 2.75) is 20.4 Å². The Kier molecular flexibility index (Phi) is 3.60. The summed E-state index contributed by atoms with van der Waals surface area (Å²) in [7, 11) is 0. The minimum atomic E-state index is -0.0909. The van der Waals surface area contributed by atoms with Crippen LogP contribution in [0.3, 0.4) is 0 Å². The maximum absolute atomic E-state index is 12.0. The van der Waals surface area contributed by atoms with Crippen LogP contribution in [-0.2, 0) is 6.54 Å². The highest BCUT2D eigenvalue weighted by atomic mass is 127. The normalized spacial score (nSPS) is 10.6. The van der Waals surface area contributed by atoms with E-state index >= 15 is 0 Å². The Morgan fingerprint density at radius 3 is 2.78 bits per heavy atom. The van der Waals surface area contributed by atoms with Gasteiger partial charge in [0.25, 0.3) is 5.56 Å². The first-order valence-corrected chi connectivity index (χ1v) is 6.37. The molecule has 2 rings (SSSR count). The third-order valence-electron chi connectivity index (χ3n) is 2.39. The molecular weight excluding hydrogens is 345 g/mol. The highest BCUT2D eigenvalue weighted by Gasteiger charge is 2.07. The van der Waals surface area contributed by atoms with Crippen LogP contribution in [0.5, 0.6) is 0 Å². The molecule has 2 aromatic rings. The number of nitrogens with two attached hydrogens (primary N) is 1. The average Bonchev–Trinajstić information content (AvgIpc) is 2.29. The number of aryl methyl sites for hydroxylation is 2. The van der Waals surface area contributed by atoms with Crippen molar-refractivity contribution in [1.29, 1.82) is 0 Å². The van der Waals surface area contributed by atoms with Crippen molar-refractivity contribution in [3.63, 3.8) is 0 Å². The van der Waals surface area contributed by atoms with Crippen LogP contribution in [0.1, 0.15) is 17.2 Å². The maximum Gasteiger partial charge on any atom is 0.267 e. The molecule has 0 aliphatic carbocycles. The first-order valence-electron chi connectivity index (χ1n) is 5.29. The van der Waals surface area contributed by atoms with Crippen molar-refractivity contribution in [2.24, 2.45) is 0 Å². The van der Waals surface area contributed by atoms with Crippen molar-refractivity contribution >= 4 is 28.4 Å². The largest absolute Gasteiger partial charge is 0.384 e. The fourth-order valence-corrected chi connectivity index (χ4v) is 1.99. The molecule has 2 aromatic heterocycles. The van der Waals surface area contributed by atoms with Gasteiger partial charge in [-0.15, -0.1) is 0 Å². The zero-order valence-corrected chi connectivity index (χ0v) is 12.2. The topological polar surface area (TPSA) is 86.7 Å². The van der Waals surface area contributed by atoms with E-state index in [0.29, 0.717) is 15.2 Å². The second-order valence-electron chi connectivity index (χ2n) is 3.93. The molecule has 0 bridgehead atoms. The molecule has 0 aromatic carbocycles. The Hall–Kier alpha value is -1.51. The SMILES string of the molecule is Cc1cc(N)nc(Cn2cnc(C)c(I)c2=O)n1. The van der Waals surface area contributed by atoms with Crippen LogP contribution >= 0.6 is 22.6 Å². The van der Waals surface area contributed by atoms with Crippen LogP contribution < -0.4 is 11.3 Å². The zero-order chi connectivity index (χ0) is 13.3. The lowest BCUT2D eigenvalue weighted by Gasteiger charge is -2.07. The standard InChI is InChI=1S/C11H12IN5O/c1-6-3-8(13)16-9(15-6)4-17-5-14-7(2)10(12)11(17)18/h3,5H,4H2,1-2H3,(H2,13,15,16). The van der Waals surface area contributed by atoms with Gasteiger partial charge in [-0.25, -0.2) is 15.0 Å². The van der Waals surface area contributed by atoms with Crippen molar-refractivity contribution in [1.82, 2.24) is 19.5 Å². The van der Waals surface area contributed by atoms with Crippen LogP contribution in [0.25, 0.3) is 0 Å². The van der Waals surface area contributed by atoms with Gasteiger partial charge in [-0.3, -0.25) is 9.36 Å². The number of rotatable bonds is 2. The molecule has 0 spiro atoms. The third kappa shape index (κ3) is 2.66. The summed E-state index contributed by atoms with van der Waals surface area (Å²) in [5.74, 6) is 0.913. The minimum Gasteiger partial charge on any atom is -0.384 e. The molecule has 6 nitrogen and oxygen atoms in total. The van der Waals surface area contributed by atoms with Gasteiger partial charge in [0.05, 0.1) is 22.1 Å². The van der Waals surface area contributed by atoms with E-state index in [9.17, 15) is 4.79 Å². The van der Waals surface area contributed by atoms with Gasteiger partial charge in [0, 0.05) is 11.8 Å². The second kappa shape index (κ2) is 5.01. The minimum absolute atomic E-state index is 0.0909. The fraction of sp³-hybridized carbons (Fsp3) is 0.273. The molecule has 0 saturated carbocycles. The molecule has 0 unspecified atom stereocenters. The summed E-state index contributed by atoms with van der Waals surface area (Å²) < 4.78 is 2.08. The predicted molar refractivity (Wildman–Crippen MR) is 76.2 cm³/mol. The number of aromatic nitrogens is 4. The number of halogens is 1. The van der Waals surface area contributed by atoms with E-state index in [2.05, 4.69) is 15.0 Å². The highest BCUT2D eigenvalue weighted by molar-refractivity contribution is 14.1. The lowest BCUT2D eigenvalue weighted by atomic mass is 10.4. The molecule has 18 heavy (non-hydrogen) atoms. The quantitative estimate of drug-likeness (QED) is 0.807. The Balaban J connectivity index is 2.40. The molecule has 7 heteroatoms. The fourth-order valence-electron chi connectivity index (χ4n) is 1.54. The van der Waals surface area contributed by atoms with Crippen molar-refractivity contribution in [3.05, 3.63) is 43.5 Å². The van der Waals surface area contributed by atoms with Gasteiger partial charge in [-0.05, 0) is 36.4 Å². The van der Waals surface area contributed by atoms with Crippen LogP contribution in [0, 0.1) is 17.4 Å². The van der Waals surface area contributed by atoms with E-state index in [1.165, 1.54) is 10.9 Å². The summed E-state index contributed by atoms with van der Waals surface area (Å²) in [5, 5.41) is 0. The van der Waals surface area contributed by atoms with Crippen LogP contribution in [0.2, 0.25) is 0 Å². The third-order valence-corrected chi connectivity index (χ3v) is 3.63. The highest BCUT2D eigenvalue weighted by Crippen LogP contribution is 2.05. The molecule has 0 amide bonds. The number of nitrogens with zero attached hydrogens (tertiary/aromatic N) is 4. The Morgan fingerprint density at radius 2 is 2.11 bits per heavy atom. The van der Waals surface area contributed by atoms with E-state index in [4.69, 9.17) is 5.73 Å². The van der Waals surface area contributed by atoms with Crippen molar-refractivity contribution in [3.8, 4) is 0 Å². The summed E-state index contributed by atoms with van der Waals surface area (Å²) in [6.07, 6.45) is 1.50. The number of hydrogen-bond donors (Lipinski definition) is 1. The predicted octanol–water partition coefficient (Wildman–Crippen LogP) is 0.885. The molecule has 0 atom stereocenters. The molecule has 0 saturated heterocycles. The van der Waals surface area contributed by atoms with E-state index < -0.39 is 0 Å². The second-order valence-corrected chi connectivity index (χ2v) is 5.01. The molecular formula is C11H12IN5O. The summed E-state index contributed by atoms with van der Waals surface area (Å²) in [6.45, 7) is 3.91. The Morgan fingerprint density at radius 1 is 1.39 bits per heavy atom. The molecule has 2 N–H and O–H groups in total. The number of anilines is 1. The van der Waals surface area contributed by atoms with Crippen LogP contribution in [0.15, 0.2) is 17.2 Å². The molecule has 0 aliphatic heterocycles. The monoisotopic (exact) mass is 357 g/mol. The van der Waals surface area contributed by atoms with Gasteiger partial charge in [0.1, 0.15) is 5.82 Å². The van der Waals surface area contributed by atoms with E-state index in [1.807, 2.05) is 29.5 Å². The van der Waals surface area contributed by atoms with Crippen LogP contribution in [0.4, 0.5) is 5.82 Å². The molecule has 2 heterocycles. The Bertz CT molecular complexity index is 632. The lowest BCUT2D eigenvalue weighted by Crippen LogP contribution is -2.25. The summed E-state index contributed by atoms with van der Waals surface area (Å²) in [5.41, 5.74) is 7.06.